The van der Waals surface area contributed by atoms with E-state index in [1.54, 1.807) is 30.1 Å². The van der Waals surface area contributed by atoms with Crippen LogP contribution >= 0.6 is 0 Å². The summed E-state index contributed by atoms with van der Waals surface area (Å²) in [5.74, 6) is 5.52. The molecule has 0 radical (unpaired) electrons. The number of hydrogen-bond donors (Lipinski definition) is 1. The van der Waals surface area contributed by atoms with E-state index in [0.717, 1.165) is 11.2 Å². The summed E-state index contributed by atoms with van der Waals surface area (Å²) in [4.78, 5) is 20.3. The molecule has 30 heavy (non-hydrogen) atoms. The summed E-state index contributed by atoms with van der Waals surface area (Å²) < 4.78 is 6.53. The van der Waals surface area contributed by atoms with Gasteiger partial charge in [0.05, 0.1) is 18.3 Å². The molecule has 2 aromatic heterocycles. The Morgan fingerprint density at radius 1 is 1.10 bits per heavy atom. The van der Waals surface area contributed by atoms with Crippen LogP contribution in [0.5, 0.6) is 0 Å². The van der Waals surface area contributed by atoms with Crippen LogP contribution < -0.4 is 0 Å². The van der Waals surface area contributed by atoms with Crippen LogP contribution in [0.3, 0.4) is 0 Å². The number of rotatable bonds is 3. The Bertz CT molecular complexity index is 1280. The van der Waals surface area contributed by atoms with Crippen LogP contribution in [0.25, 0.3) is 16.6 Å². The molecule has 0 bridgehead atoms. The zero-order chi connectivity index (χ0) is 21.1. The van der Waals surface area contributed by atoms with E-state index < -0.39 is 11.6 Å². The molecule has 0 aliphatic carbocycles. The molecule has 0 fully saturated rings. The van der Waals surface area contributed by atoms with Crippen molar-refractivity contribution in [1.82, 2.24) is 19.7 Å². The van der Waals surface area contributed by atoms with Gasteiger partial charge in [-0.25, -0.2) is 19.4 Å². The van der Waals surface area contributed by atoms with Crippen molar-refractivity contribution < 1.29 is 14.6 Å². The molecule has 7 heteroatoms. The van der Waals surface area contributed by atoms with Crippen LogP contribution in [0.2, 0.25) is 0 Å². The largest absolute Gasteiger partial charge is 0.464 e. The third-order valence-electron chi connectivity index (χ3n) is 4.51. The second-order valence-corrected chi connectivity index (χ2v) is 6.71. The van der Waals surface area contributed by atoms with Crippen LogP contribution in [0.15, 0.2) is 67.0 Å². The summed E-state index contributed by atoms with van der Waals surface area (Å²) in [5, 5.41) is 15.8. The van der Waals surface area contributed by atoms with Gasteiger partial charge in [-0.3, -0.25) is 0 Å². The first kappa shape index (κ1) is 19.3. The second kappa shape index (κ2) is 7.78. The van der Waals surface area contributed by atoms with Gasteiger partial charge in [0.1, 0.15) is 0 Å². The third kappa shape index (κ3) is 3.64. The van der Waals surface area contributed by atoms with Crippen molar-refractivity contribution >= 4 is 16.9 Å². The highest BCUT2D eigenvalue weighted by atomic mass is 16.5. The van der Waals surface area contributed by atoms with E-state index >= 15 is 0 Å². The van der Waals surface area contributed by atoms with Gasteiger partial charge in [0.15, 0.2) is 17.1 Å². The Balaban J connectivity index is 1.75. The molecule has 0 aliphatic heterocycles. The fraction of sp³-hybridized carbons (Fsp3) is 0.130. The molecule has 2 heterocycles. The summed E-state index contributed by atoms with van der Waals surface area (Å²) in [6.45, 7) is 1.54. The van der Waals surface area contributed by atoms with E-state index in [1.165, 1.54) is 7.11 Å². The average molecular weight is 398 g/mol. The van der Waals surface area contributed by atoms with Crippen LogP contribution in [-0.4, -0.2) is 37.9 Å². The summed E-state index contributed by atoms with van der Waals surface area (Å²) in [6, 6.07) is 16.5. The SMILES string of the molecule is COC(=O)c1nn(-c2cccc(C#CC(C)(O)c3ncccn3)c2)c2ccccc12. The van der Waals surface area contributed by atoms with Gasteiger partial charge in [0.2, 0.25) is 0 Å². The normalized spacial score (nSPS) is 12.6. The molecule has 0 saturated carbocycles. The molecule has 4 aromatic rings. The number of nitrogens with zero attached hydrogens (tertiary/aromatic N) is 4. The number of aliphatic hydroxyl groups is 1. The van der Waals surface area contributed by atoms with Gasteiger partial charge in [0, 0.05) is 23.3 Å². The van der Waals surface area contributed by atoms with Crippen LogP contribution in [-0.2, 0) is 10.3 Å². The number of aromatic nitrogens is 4. The van der Waals surface area contributed by atoms with Crippen molar-refractivity contribution in [1.29, 1.82) is 0 Å². The standard InChI is InChI=1S/C23H18N4O3/c1-23(29,22-24-13-6-14-25-22)12-11-16-7-5-8-17(15-16)27-19-10-4-3-9-18(19)20(26-27)21(28)30-2/h3-10,13-15,29H,1-2H3. The number of ether oxygens (including phenoxy) is 1. The number of methoxy groups -OCH3 is 1. The maximum absolute atomic E-state index is 12.1. The molecule has 1 atom stereocenters. The van der Waals surface area contributed by atoms with Crippen LogP contribution in [0.4, 0.5) is 0 Å². The Morgan fingerprint density at radius 2 is 1.87 bits per heavy atom. The first-order valence-corrected chi connectivity index (χ1v) is 9.19. The highest BCUT2D eigenvalue weighted by Gasteiger charge is 2.23. The highest BCUT2D eigenvalue weighted by Crippen LogP contribution is 2.23. The Morgan fingerprint density at radius 3 is 2.63 bits per heavy atom. The topological polar surface area (TPSA) is 90.1 Å². The Hall–Kier alpha value is -4.02. The molecule has 0 amide bonds. The lowest BCUT2D eigenvalue weighted by molar-refractivity contribution is 0.0595. The zero-order valence-corrected chi connectivity index (χ0v) is 16.4. The minimum atomic E-state index is -1.49. The van der Waals surface area contributed by atoms with Crippen LogP contribution in [0.1, 0.15) is 28.8 Å². The maximum atomic E-state index is 12.1. The number of carbonyl (C=O) groups excluding carboxylic acids is 1. The molecule has 2 aromatic carbocycles. The van der Waals surface area contributed by atoms with Gasteiger partial charge in [-0.1, -0.05) is 36.1 Å². The van der Waals surface area contributed by atoms with E-state index in [2.05, 4.69) is 26.9 Å². The number of carbonyl (C=O) groups is 1. The highest BCUT2D eigenvalue weighted by molar-refractivity contribution is 6.02. The van der Waals surface area contributed by atoms with E-state index in [0.29, 0.717) is 10.9 Å². The van der Waals surface area contributed by atoms with Crippen molar-refractivity contribution in [3.05, 3.63) is 84.1 Å². The van der Waals surface area contributed by atoms with E-state index in [1.807, 2.05) is 48.5 Å². The molecule has 148 valence electrons. The van der Waals surface area contributed by atoms with Crippen molar-refractivity contribution in [3.63, 3.8) is 0 Å². The van der Waals surface area contributed by atoms with Gasteiger partial charge < -0.3 is 9.84 Å². The molecule has 0 spiro atoms. The predicted molar refractivity (Wildman–Crippen MR) is 111 cm³/mol. The predicted octanol–water partition coefficient (Wildman–Crippen LogP) is 2.86. The molecule has 0 aliphatic rings. The number of hydrogen-bond acceptors (Lipinski definition) is 6. The number of esters is 1. The molecule has 7 nitrogen and oxygen atoms in total. The van der Waals surface area contributed by atoms with E-state index in [9.17, 15) is 9.90 Å². The number of fused-ring (bicyclic) bond motifs is 1. The smallest absolute Gasteiger partial charge is 0.359 e. The minimum Gasteiger partial charge on any atom is -0.464 e. The third-order valence-corrected chi connectivity index (χ3v) is 4.51. The van der Waals surface area contributed by atoms with Crippen molar-refractivity contribution in [2.45, 2.75) is 12.5 Å². The molecule has 1 unspecified atom stereocenters. The van der Waals surface area contributed by atoms with E-state index in [4.69, 9.17) is 4.74 Å². The van der Waals surface area contributed by atoms with Gasteiger partial charge in [-0.15, -0.1) is 0 Å². The summed E-state index contributed by atoms with van der Waals surface area (Å²) >= 11 is 0. The summed E-state index contributed by atoms with van der Waals surface area (Å²) in [5.41, 5.74) is 0.918. The second-order valence-electron chi connectivity index (χ2n) is 6.71. The first-order valence-electron chi connectivity index (χ1n) is 9.19. The zero-order valence-electron chi connectivity index (χ0n) is 16.4. The lowest BCUT2D eigenvalue weighted by Gasteiger charge is -2.13. The van der Waals surface area contributed by atoms with Crippen LogP contribution in [0, 0.1) is 11.8 Å². The molecular weight excluding hydrogens is 380 g/mol. The van der Waals surface area contributed by atoms with E-state index in [-0.39, 0.29) is 11.5 Å². The fourth-order valence-electron chi connectivity index (χ4n) is 3.03. The molecular formula is C23H18N4O3. The monoisotopic (exact) mass is 398 g/mol. The van der Waals surface area contributed by atoms with Gasteiger partial charge in [-0.05, 0) is 37.3 Å². The van der Waals surface area contributed by atoms with Gasteiger partial charge in [0.25, 0.3) is 0 Å². The quantitative estimate of drug-likeness (QED) is 0.422. The van der Waals surface area contributed by atoms with Gasteiger partial charge in [-0.2, -0.15) is 5.10 Å². The molecule has 1 N–H and O–H groups in total. The summed E-state index contributed by atoms with van der Waals surface area (Å²) in [6.07, 6.45) is 3.11. The summed E-state index contributed by atoms with van der Waals surface area (Å²) in [7, 11) is 1.33. The number of benzene rings is 2. The Kier molecular flexibility index (Phi) is 5.00. The lowest BCUT2D eigenvalue weighted by atomic mass is 10.1. The maximum Gasteiger partial charge on any atom is 0.359 e. The van der Waals surface area contributed by atoms with Crippen molar-refractivity contribution in [2.24, 2.45) is 0 Å². The first-order chi connectivity index (χ1) is 14.5. The van der Waals surface area contributed by atoms with Crippen molar-refractivity contribution in [2.75, 3.05) is 7.11 Å². The molecule has 4 rings (SSSR count). The Labute approximate surface area is 173 Å². The lowest BCUT2D eigenvalue weighted by Crippen LogP contribution is -2.21. The molecule has 0 saturated heterocycles. The minimum absolute atomic E-state index is 0.231. The number of para-hydroxylation sites is 1. The van der Waals surface area contributed by atoms with Crippen molar-refractivity contribution in [3.8, 4) is 17.5 Å². The average Bonchev–Trinajstić information content (AvgIpc) is 3.18. The fourth-order valence-corrected chi connectivity index (χ4v) is 3.03. The van der Waals surface area contributed by atoms with Gasteiger partial charge >= 0.3 is 5.97 Å².